The summed E-state index contributed by atoms with van der Waals surface area (Å²) in [6.07, 6.45) is 5.44. The predicted octanol–water partition coefficient (Wildman–Crippen LogP) is 3.51. The molecule has 1 N–H and O–H groups in total. The van der Waals surface area contributed by atoms with Crippen LogP contribution in [0.5, 0.6) is 0 Å². The first-order valence-electron chi connectivity index (χ1n) is 9.28. The number of hydrogen-bond acceptors (Lipinski definition) is 7. The lowest BCUT2D eigenvalue weighted by Gasteiger charge is -2.14. The van der Waals surface area contributed by atoms with E-state index in [9.17, 15) is 10.1 Å². The van der Waals surface area contributed by atoms with Gasteiger partial charge in [-0.25, -0.2) is 4.98 Å². The number of rotatable bonds is 5. The first-order valence-corrected chi connectivity index (χ1v) is 9.28. The number of carbonyl (C=O) groups is 1. The maximum absolute atomic E-state index is 12.5. The molecule has 0 aliphatic heterocycles. The fourth-order valence-corrected chi connectivity index (χ4v) is 3.09. The monoisotopic (exact) mass is 388 g/mol. The van der Waals surface area contributed by atoms with E-state index in [1.807, 2.05) is 27.1 Å². The molecule has 0 saturated heterocycles. The van der Waals surface area contributed by atoms with Crippen LogP contribution in [-0.4, -0.2) is 35.1 Å². The molecular formula is C21H20N6O2. The van der Waals surface area contributed by atoms with E-state index in [4.69, 9.17) is 4.52 Å². The number of aromatic nitrogens is 3. The second kappa shape index (κ2) is 7.36. The smallest absolute Gasteiger partial charge is 0.277 e. The van der Waals surface area contributed by atoms with E-state index in [2.05, 4.69) is 26.5 Å². The highest BCUT2D eigenvalue weighted by molar-refractivity contribution is 6.03. The summed E-state index contributed by atoms with van der Waals surface area (Å²) < 4.78 is 5.25. The SMILES string of the molecule is Cc1ncc(NC(=O)c2cc(C3CC3)on2)cc1-c1cnc(N(C)C)c(C#N)c1. The van der Waals surface area contributed by atoms with Gasteiger partial charge in [0.15, 0.2) is 5.69 Å². The molecule has 1 aliphatic rings. The summed E-state index contributed by atoms with van der Waals surface area (Å²) >= 11 is 0. The van der Waals surface area contributed by atoms with Crippen LogP contribution < -0.4 is 10.2 Å². The van der Waals surface area contributed by atoms with Crippen LogP contribution in [0.1, 0.15) is 46.3 Å². The van der Waals surface area contributed by atoms with Crippen molar-refractivity contribution in [2.45, 2.75) is 25.7 Å². The Balaban J connectivity index is 1.60. The molecule has 29 heavy (non-hydrogen) atoms. The number of hydrogen-bond donors (Lipinski definition) is 1. The van der Waals surface area contributed by atoms with Gasteiger partial charge in [-0.05, 0) is 31.9 Å². The van der Waals surface area contributed by atoms with Crippen molar-refractivity contribution in [3.05, 3.63) is 53.3 Å². The Bertz CT molecular complexity index is 1120. The molecule has 0 spiro atoms. The molecule has 3 aromatic heterocycles. The number of nitrogens with zero attached hydrogens (tertiary/aromatic N) is 5. The van der Waals surface area contributed by atoms with Crippen LogP contribution in [0.3, 0.4) is 0 Å². The molecule has 0 radical (unpaired) electrons. The molecule has 1 amide bonds. The zero-order valence-electron chi connectivity index (χ0n) is 16.4. The van der Waals surface area contributed by atoms with E-state index in [0.717, 1.165) is 35.4 Å². The first-order chi connectivity index (χ1) is 14.0. The lowest BCUT2D eigenvalue weighted by atomic mass is 10.0. The topological polar surface area (TPSA) is 108 Å². The lowest BCUT2D eigenvalue weighted by Crippen LogP contribution is -2.13. The average Bonchev–Trinajstić information content (AvgIpc) is 3.45. The predicted molar refractivity (Wildman–Crippen MR) is 108 cm³/mol. The molecule has 1 fully saturated rings. The lowest BCUT2D eigenvalue weighted by molar-refractivity contribution is 0.101. The third-order valence-electron chi connectivity index (χ3n) is 4.81. The largest absolute Gasteiger partial charge is 0.362 e. The third kappa shape index (κ3) is 3.80. The number of aryl methyl sites for hydroxylation is 1. The Morgan fingerprint density at radius 3 is 2.72 bits per heavy atom. The maximum atomic E-state index is 12.5. The van der Waals surface area contributed by atoms with Gasteiger partial charge < -0.3 is 14.7 Å². The molecule has 1 saturated carbocycles. The molecular weight excluding hydrogens is 368 g/mol. The Kier molecular flexibility index (Phi) is 4.72. The molecule has 0 atom stereocenters. The second-order valence-electron chi connectivity index (χ2n) is 7.30. The molecule has 3 aromatic rings. The van der Waals surface area contributed by atoms with Crippen molar-refractivity contribution in [3.63, 3.8) is 0 Å². The fourth-order valence-electron chi connectivity index (χ4n) is 3.09. The summed E-state index contributed by atoms with van der Waals surface area (Å²) in [6.45, 7) is 1.87. The molecule has 0 unspecified atom stereocenters. The van der Waals surface area contributed by atoms with Gasteiger partial charge in [0.2, 0.25) is 0 Å². The van der Waals surface area contributed by atoms with Crippen LogP contribution in [0.15, 0.2) is 35.1 Å². The molecule has 4 rings (SSSR count). The van der Waals surface area contributed by atoms with Crippen molar-refractivity contribution in [2.75, 3.05) is 24.3 Å². The summed E-state index contributed by atoms with van der Waals surface area (Å²) in [5, 5.41) is 16.1. The van der Waals surface area contributed by atoms with Crippen LogP contribution in [0, 0.1) is 18.3 Å². The highest BCUT2D eigenvalue weighted by atomic mass is 16.5. The van der Waals surface area contributed by atoms with Gasteiger partial charge in [0, 0.05) is 49.1 Å². The van der Waals surface area contributed by atoms with Crippen molar-refractivity contribution >= 4 is 17.4 Å². The Labute approximate surface area is 168 Å². The summed E-state index contributed by atoms with van der Waals surface area (Å²) in [7, 11) is 3.68. The van der Waals surface area contributed by atoms with Crippen LogP contribution in [-0.2, 0) is 0 Å². The number of anilines is 2. The van der Waals surface area contributed by atoms with E-state index < -0.39 is 0 Å². The Morgan fingerprint density at radius 2 is 2.03 bits per heavy atom. The average molecular weight is 388 g/mol. The number of amides is 1. The van der Waals surface area contributed by atoms with Gasteiger partial charge >= 0.3 is 0 Å². The van der Waals surface area contributed by atoms with Gasteiger partial charge in [0.05, 0.1) is 17.4 Å². The van der Waals surface area contributed by atoms with E-state index in [1.165, 1.54) is 0 Å². The minimum Gasteiger partial charge on any atom is -0.362 e. The normalized spacial score (nSPS) is 13.0. The molecule has 1 aliphatic carbocycles. The minimum absolute atomic E-state index is 0.248. The van der Waals surface area contributed by atoms with Gasteiger partial charge in [-0.2, -0.15) is 5.26 Å². The van der Waals surface area contributed by atoms with E-state index in [0.29, 0.717) is 23.0 Å². The van der Waals surface area contributed by atoms with Gasteiger partial charge in [-0.1, -0.05) is 5.16 Å². The minimum atomic E-state index is -0.351. The zero-order valence-corrected chi connectivity index (χ0v) is 16.4. The number of nitrogens with one attached hydrogen (secondary N) is 1. The summed E-state index contributed by atoms with van der Waals surface area (Å²) in [5.41, 5.74) is 3.56. The van der Waals surface area contributed by atoms with Crippen molar-refractivity contribution in [1.29, 1.82) is 5.26 Å². The third-order valence-corrected chi connectivity index (χ3v) is 4.81. The molecule has 8 heteroatoms. The fraction of sp³-hybridized carbons (Fsp3) is 0.286. The zero-order chi connectivity index (χ0) is 20.5. The number of nitriles is 1. The Morgan fingerprint density at radius 1 is 1.24 bits per heavy atom. The van der Waals surface area contributed by atoms with Crippen molar-refractivity contribution in [1.82, 2.24) is 15.1 Å². The van der Waals surface area contributed by atoms with E-state index in [-0.39, 0.29) is 11.6 Å². The summed E-state index contributed by atoms with van der Waals surface area (Å²) in [4.78, 5) is 23.1. The molecule has 146 valence electrons. The molecule has 0 aromatic carbocycles. The standard InChI is InChI=1S/C21H20N6O2/c1-12-17(15-6-14(9-22)20(24-10-15)27(2)3)7-16(11-23-12)25-21(28)18-8-19(29-26-18)13-4-5-13/h6-8,10-11,13H,4-5H2,1-3H3,(H,25,28). The van der Waals surface area contributed by atoms with Gasteiger partial charge in [0.25, 0.3) is 5.91 Å². The first kappa shape index (κ1) is 18.6. The highest BCUT2D eigenvalue weighted by Crippen LogP contribution is 2.40. The van der Waals surface area contributed by atoms with Crippen LogP contribution >= 0.6 is 0 Å². The van der Waals surface area contributed by atoms with Crippen LogP contribution in [0.25, 0.3) is 11.1 Å². The number of pyridine rings is 2. The molecule has 0 bridgehead atoms. The van der Waals surface area contributed by atoms with Gasteiger partial charge in [-0.3, -0.25) is 9.78 Å². The Hall–Kier alpha value is -3.73. The highest BCUT2D eigenvalue weighted by Gasteiger charge is 2.29. The molecule has 3 heterocycles. The summed E-state index contributed by atoms with van der Waals surface area (Å²) in [5.74, 6) is 1.40. The van der Waals surface area contributed by atoms with Gasteiger partial charge in [-0.15, -0.1) is 0 Å². The quantitative estimate of drug-likeness (QED) is 0.712. The second-order valence-corrected chi connectivity index (χ2v) is 7.30. The summed E-state index contributed by atoms with van der Waals surface area (Å²) in [6, 6.07) is 7.46. The van der Waals surface area contributed by atoms with Crippen molar-refractivity contribution in [2.24, 2.45) is 0 Å². The van der Waals surface area contributed by atoms with Crippen LogP contribution in [0.4, 0.5) is 11.5 Å². The van der Waals surface area contributed by atoms with Gasteiger partial charge in [0.1, 0.15) is 17.6 Å². The maximum Gasteiger partial charge on any atom is 0.277 e. The molecule has 8 nitrogen and oxygen atoms in total. The van der Waals surface area contributed by atoms with Crippen LogP contribution in [0.2, 0.25) is 0 Å². The number of carbonyl (C=O) groups excluding carboxylic acids is 1. The van der Waals surface area contributed by atoms with Crippen molar-refractivity contribution < 1.29 is 9.32 Å². The van der Waals surface area contributed by atoms with E-state index >= 15 is 0 Å². The van der Waals surface area contributed by atoms with E-state index in [1.54, 1.807) is 29.4 Å². The van der Waals surface area contributed by atoms with Crippen molar-refractivity contribution in [3.8, 4) is 17.2 Å².